The van der Waals surface area contributed by atoms with Gasteiger partial charge in [0.2, 0.25) is 0 Å². The first kappa shape index (κ1) is 11.0. The molecule has 80 valence electrons. The average molecular weight is 206 g/mol. The van der Waals surface area contributed by atoms with Crippen LogP contribution in [0.4, 0.5) is 10.5 Å². The summed E-state index contributed by atoms with van der Waals surface area (Å²) in [4.78, 5) is 12.8. The Hall–Kier alpha value is -2.04. The second-order valence-corrected chi connectivity index (χ2v) is 3.28. The van der Waals surface area contributed by atoms with E-state index in [0.717, 1.165) is 0 Å². The average Bonchev–Trinajstić information content (AvgIpc) is 2.18. The van der Waals surface area contributed by atoms with Gasteiger partial charge in [0.1, 0.15) is 5.84 Å². The Morgan fingerprint density at radius 3 is 2.53 bits per heavy atom. The Morgan fingerprint density at radius 1 is 1.40 bits per heavy atom. The van der Waals surface area contributed by atoms with Crippen LogP contribution in [0.1, 0.15) is 5.56 Å². The summed E-state index contributed by atoms with van der Waals surface area (Å²) in [6.45, 7) is 0. The SMILES string of the molecule is CN(C)C(=O)Nc1ccccc1C(=N)N. The van der Waals surface area contributed by atoms with Crippen molar-refractivity contribution in [1.82, 2.24) is 4.90 Å². The first-order valence-electron chi connectivity index (χ1n) is 4.44. The lowest BCUT2D eigenvalue weighted by Gasteiger charge is -2.14. The fourth-order valence-electron chi connectivity index (χ4n) is 1.05. The molecule has 5 heteroatoms. The van der Waals surface area contributed by atoms with E-state index in [1.807, 2.05) is 0 Å². The van der Waals surface area contributed by atoms with E-state index >= 15 is 0 Å². The molecule has 0 radical (unpaired) electrons. The minimum absolute atomic E-state index is 0.0651. The summed E-state index contributed by atoms with van der Waals surface area (Å²) in [6, 6.07) is 6.69. The third-order valence-corrected chi connectivity index (χ3v) is 1.87. The van der Waals surface area contributed by atoms with E-state index in [-0.39, 0.29) is 11.9 Å². The number of carbonyl (C=O) groups is 1. The zero-order chi connectivity index (χ0) is 11.4. The van der Waals surface area contributed by atoms with Crippen molar-refractivity contribution in [2.45, 2.75) is 0 Å². The second kappa shape index (κ2) is 4.45. The number of para-hydroxylation sites is 1. The molecular weight excluding hydrogens is 192 g/mol. The highest BCUT2D eigenvalue weighted by molar-refractivity contribution is 6.03. The molecule has 0 saturated heterocycles. The Bertz CT molecular complexity index is 387. The van der Waals surface area contributed by atoms with Gasteiger partial charge in [0.15, 0.2) is 0 Å². The number of benzene rings is 1. The fraction of sp³-hybridized carbons (Fsp3) is 0.200. The number of nitrogens with one attached hydrogen (secondary N) is 2. The van der Waals surface area contributed by atoms with Gasteiger partial charge in [-0.3, -0.25) is 5.41 Å². The maximum atomic E-state index is 11.4. The minimum atomic E-state index is -0.247. The smallest absolute Gasteiger partial charge is 0.321 e. The number of rotatable bonds is 2. The third kappa shape index (κ3) is 2.70. The first-order valence-corrected chi connectivity index (χ1v) is 4.44. The van der Waals surface area contributed by atoms with Gasteiger partial charge in [0.05, 0.1) is 5.69 Å². The van der Waals surface area contributed by atoms with Crippen molar-refractivity contribution in [1.29, 1.82) is 5.41 Å². The van der Waals surface area contributed by atoms with Gasteiger partial charge >= 0.3 is 6.03 Å². The number of amides is 2. The summed E-state index contributed by atoms with van der Waals surface area (Å²) in [5, 5.41) is 10.00. The zero-order valence-corrected chi connectivity index (χ0v) is 8.74. The van der Waals surface area contributed by atoms with Crippen LogP contribution >= 0.6 is 0 Å². The van der Waals surface area contributed by atoms with E-state index in [1.54, 1.807) is 38.4 Å². The maximum Gasteiger partial charge on any atom is 0.321 e. The van der Waals surface area contributed by atoms with Crippen molar-refractivity contribution < 1.29 is 4.79 Å². The molecule has 2 amide bonds. The van der Waals surface area contributed by atoms with Crippen molar-refractivity contribution in [3.8, 4) is 0 Å². The van der Waals surface area contributed by atoms with Crippen LogP contribution in [0.3, 0.4) is 0 Å². The van der Waals surface area contributed by atoms with Gasteiger partial charge in [0, 0.05) is 19.7 Å². The molecule has 0 unspecified atom stereocenters. The van der Waals surface area contributed by atoms with Gasteiger partial charge in [-0.05, 0) is 12.1 Å². The fourth-order valence-corrected chi connectivity index (χ4v) is 1.05. The van der Waals surface area contributed by atoms with Gasteiger partial charge in [-0.25, -0.2) is 4.79 Å². The van der Waals surface area contributed by atoms with Crippen molar-refractivity contribution in [3.05, 3.63) is 29.8 Å². The monoisotopic (exact) mass is 206 g/mol. The van der Waals surface area contributed by atoms with Gasteiger partial charge in [0.25, 0.3) is 0 Å². The van der Waals surface area contributed by atoms with E-state index in [2.05, 4.69) is 5.32 Å². The van der Waals surface area contributed by atoms with Gasteiger partial charge in [-0.1, -0.05) is 12.1 Å². The molecule has 0 bridgehead atoms. The highest BCUT2D eigenvalue weighted by Crippen LogP contribution is 2.14. The zero-order valence-electron chi connectivity index (χ0n) is 8.74. The predicted molar refractivity (Wildman–Crippen MR) is 60.2 cm³/mol. The molecule has 1 rings (SSSR count). The molecule has 0 aromatic heterocycles. The number of amidine groups is 1. The molecule has 0 fully saturated rings. The van der Waals surface area contributed by atoms with Gasteiger partial charge < -0.3 is 16.0 Å². The molecule has 0 aliphatic carbocycles. The summed E-state index contributed by atoms with van der Waals surface area (Å²) < 4.78 is 0. The van der Waals surface area contributed by atoms with Gasteiger partial charge in [-0.15, -0.1) is 0 Å². The number of carbonyl (C=O) groups excluding carboxylic acids is 1. The third-order valence-electron chi connectivity index (χ3n) is 1.87. The van der Waals surface area contributed by atoms with Crippen LogP contribution in [0.25, 0.3) is 0 Å². The lowest BCUT2D eigenvalue weighted by Crippen LogP contribution is -2.28. The predicted octanol–water partition coefficient (Wildman–Crippen LogP) is 1.06. The normalized spacial score (nSPS) is 9.47. The highest BCUT2D eigenvalue weighted by Gasteiger charge is 2.08. The van der Waals surface area contributed by atoms with E-state index in [4.69, 9.17) is 11.1 Å². The molecule has 4 N–H and O–H groups in total. The van der Waals surface area contributed by atoms with Crippen molar-refractivity contribution >= 4 is 17.6 Å². The molecule has 0 spiro atoms. The Balaban J connectivity index is 2.94. The highest BCUT2D eigenvalue weighted by atomic mass is 16.2. The summed E-state index contributed by atoms with van der Waals surface area (Å²) >= 11 is 0. The van der Waals surface area contributed by atoms with Crippen molar-refractivity contribution in [2.75, 3.05) is 19.4 Å². The summed E-state index contributed by atoms with van der Waals surface area (Å²) in [5.74, 6) is -0.0651. The van der Waals surface area contributed by atoms with Crippen molar-refractivity contribution in [3.63, 3.8) is 0 Å². The molecule has 5 nitrogen and oxygen atoms in total. The van der Waals surface area contributed by atoms with E-state index < -0.39 is 0 Å². The maximum absolute atomic E-state index is 11.4. The second-order valence-electron chi connectivity index (χ2n) is 3.28. The largest absolute Gasteiger partial charge is 0.384 e. The molecule has 0 aliphatic heterocycles. The Kier molecular flexibility index (Phi) is 3.28. The number of nitrogen functional groups attached to an aromatic ring is 1. The molecule has 1 aromatic carbocycles. The summed E-state index contributed by atoms with van der Waals surface area (Å²) in [5.41, 5.74) is 6.45. The van der Waals surface area contributed by atoms with E-state index in [1.165, 1.54) is 4.90 Å². The summed E-state index contributed by atoms with van der Waals surface area (Å²) in [6.07, 6.45) is 0. The number of nitrogens with zero attached hydrogens (tertiary/aromatic N) is 1. The lowest BCUT2D eigenvalue weighted by molar-refractivity contribution is 0.230. The number of hydrogen-bond donors (Lipinski definition) is 3. The number of anilines is 1. The number of hydrogen-bond acceptors (Lipinski definition) is 2. The molecule has 0 heterocycles. The molecule has 0 atom stereocenters. The standard InChI is InChI=1S/C10H14N4O/c1-14(2)10(15)13-8-6-4-3-5-7(8)9(11)12/h3-6H,1-2H3,(H3,11,12)(H,13,15). The quantitative estimate of drug-likeness (QED) is 0.499. The lowest BCUT2D eigenvalue weighted by atomic mass is 10.1. The van der Waals surface area contributed by atoms with Crippen LogP contribution in [0.15, 0.2) is 24.3 Å². The molecule has 15 heavy (non-hydrogen) atoms. The topological polar surface area (TPSA) is 82.2 Å². The molecule has 1 aromatic rings. The Labute approximate surface area is 88.4 Å². The van der Waals surface area contributed by atoms with E-state index in [9.17, 15) is 4.79 Å². The van der Waals surface area contributed by atoms with Crippen LogP contribution in [-0.2, 0) is 0 Å². The van der Waals surface area contributed by atoms with Crippen LogP contribution < -0.4 is 11.1 Å². The first-order chi connectivity index (χ1) is 7.02. The Morgan fingerprint density at radius 2 is 2.00 bits per heavy atom. The van der Waals surface area contributed by atoms with Crippen molar-refractivity contribution in [2.24, 2.45) is 5.73 Å². The van der Waals surface area contributed by atoms with Crippen LogP contribution in [-0.4, -0.2) is 30.9 Å². The molecular formula is C10H14N4O. The minimum Gasteiger partial charge on any atom is -0.384 e. The number of urea groups is 1. The summed E-state index contributed by atoms with van der Waals surface area (Å²) in [7, 11) is 3.29. The van der Waals surface area contributed by atoms with Crippen LogP contribution in [0.2, 0.25) is 0 Å². The molecule has 0 saturated carbocycles. The van der Waals surface area contributed by atoms with Crippen LogP contribution in [0, 0.1) is 5.41 Å². The van der Waals surface area contributed by atoms with Crippen LogP contribution in [0.5, 0.6) is 0 Å². The molecule has 0 aliphatic rings. The van der Waals surface area contributed by atoms with Gasteiger partial charge in [-0.2, -0.15) is 0 Å². The van der Waals surface area contributed by atoms with E-state index in [0.29, 0.717) is 11.3 Å². The number of nitrogens with two attached hydrogens (primary N) is 1.